The van der Waals surface area contributed by atoms with Crippen molar-refractivity contribution in [1.29, 1.82) is 0 Å². The molecular formula is C14H19N3O3S. The third kappa shape index (κ3) is 4.13. The number of methoxy groups -OCH3 is 2. The first-order chi connectivity index (χ1) is 10.3. The number of rotatable bonds is 8. The third-order valence-electron chi connectivity index (χ3n) is 3.01. The van der Waals surface area contributed by atoms with Gasteiger partial charge >= 0.3 is 0 Å². The van der Waals surface area contributed by atoms with Gasteiger partial charge in [0.1, 0.15) is 0 Å². The summed E-state index contributed by atoms with van der Waals surface area (Å²) >= 11 is 1.56. The first-order valence-corrected chi connectivity index (χ1v) is 7.49. The lowest BCUT2D eigenvalue weighted by molar-refractivity contribution is -0.127. The molecule has 0 fully saturated rings. The van der Waals surface area contributed by atoms with E-state index < -0.39 is 0 Å². The van der Waals surface area contributed by atoms with E-state index in [1.165, 1.54) is 0 Å². The van der Waals surface area contributed by atoms with Crippen LogP contribution in [0.1, 0.15) is 5.69 Å². The van der Waals surface area contributed by atoms with E-state index >= 15 is 0 Å². The maximum absolute atomic E-state index is 12.2. The van der Waals surface area contributed by atoms with Crippen molar-refractivity contribution in [2.45, 2.75) is 0 Å². The first-order valence-electron chi connectivity index (χ1n) is 6.61. The minimum Gasteiger partial charge on any atom is -0.383 e. The summed E-state index contributed by atoms with van der Waals surface area (Å²) in [5.41, 5.74) is 0.887. The predicted octanol–water partition coefficient (Wildman–Crippen LogP) is 1.53. The molecule has 0 atom stereocenters. The fraction of sp³-hybridized carbons (Fsp3) is 0.429. The normalized spacial score (nSPS) is 11.5. The number of fused-ring (bicyclic) bond motifs is 1. The van der Waals surface area contributed by atoms with Gasteiger partial charge in [-0.25, -0.2) is 4.98 Å². The molecule has 0 aliphatic rings. The van der Waals surface area contributed by atoms with E-state index in [1.54, 1.807) is 48.8 Å². The molecule has 0 saturated heterocycles. The van der Waals surface area contributed by atoms with Crippen LogP contribution >= 0.6 is 11.3 Å². The Balaban J connectivity index is 2.02. The Labute approximate surface area is 127 Å². The fourth-order valence-electron chi connectivity index (χ4n) is 1.87. The fourth-order valence-corrected chi connectivity index (χ4v) is 2.56. The summed E-state index contributed by atoms with van der Waals surface area (Å²) < 4.78 is 12.0. The average Bonchev–Trinajstić information content (AvgIpc) is 3.08. The predicted molar refractivity (Wildman–Crippen MR) is 82.4 cm³/mol. The SMILES string of the molecule is COCCN(CCOC)C(=O)/C=C/c1cnc2sccn12. The largest absolute Gasteiger partial charge is 0.383 e. The summed E-state index contributed by atoms with van der Waals surface area (Å²) in [5, 5.41) is 1.96. The van der Waals surface area contributed by atoms with Crippen LogP contribution in [0.3, 0.4) is 0 Å². The highest BCUT2D eigenvalue weighted by Gasteiger charge is 2.10. The number of carbonyl (C=O) groups is 1. The zero-order valence-electron chi connectivity index (χ0n) is 12.2. The van der Waals surface area contributed by atoms with Crippen molar-refractivity contribution < 1.29 is 14.3 Å². The maximum atomic E-state index is 12.2. The van der Waals surface area contributed by atoms with Gasteiger partial charge in [0.15, 0.2) is 4.96 Å². The average molecular weight is 309 g/mol. The van der Waals surface area contributed by atoms with Crippen molar-refractivity contribution in [1.82, 2.24) is 14.3 Å². The van der Waals surface area contributed by atoms with E-state index in [2.05, 4.69) is 4.98 Å². The van der Waals surface area contributed by atoms with Gasteiger partial charge in [-0.3, -0.25) is 9.20 Å². The van der Waals surface area contributed by atoms with Gasteiger partial charge < -0.3 is 14.4 Å². The molecule has 2 aromatic rings. The van der Waals surface area contributed by atoms with Gasteiger partial charge in [-0.15, -0.1) is 11.3 Å². The molecule has 6 nitrogen and oxygen atoms in total. The Hall–Kier alpha value is -1.70. The summed E-state index contributed by atoms with van der Waals surface area (Å²) in [6.45, 7) is 2.10. The Morgan fingerprint density at radius 3 is 2.76 bits per heavy atom. The van der Waals surface area contributed by atoms with Crippen molar-refractivity contribution in [3.8, 4) is 0 Å². The van der Waals surface area contributed by atoms with Crippen LogP contribution in [0.15, 0.2) is 23.8 Å². The Bertz CT molecular complexity index is 597. The van der Waals surface area contributed by atoms with E-state index in [-0.39, 0.29) is 5.91 Å². The lowest BCUT2D eigenvalue weighted by atomic mass is 10.3. The van der Waals surface area contributed by atoms with Gasteiger partial charge in [0.2, 0.25) is 5.91 Å². The molecule has 0 radical (unpaired) electrons. The molecule has 0 saturated carbocycles. The van der Waals surface area contributed by atoms with E-state index in [0.29, 0.717) is 26.3 Å². The molecular weight excluding hydrogens is 290 g/mol. The van der Waals surface area contributed by atoms with Crippen molar-refractivity contribution in [3.63, 3.8) is 0 Å². The van der Waals surface area contributed by atoms with Gasteiger partial charge in [-0.2, -0.15) is 0 Å². The topological polar surface area (TPSA) is 56.1 Å². The number of amides is 1. The highest BCUT2D eigenvalue weighted by molar-refractivity contribution is 7.15. The number of nitrogens with zero attached hydrogens (tertiary/aromatic N) is 3. The van der Waals surface area contributed by atoms with Crippen molar-refractivity contribution >= 4 is 28.3 Å². The number of imidazole rings is 1. The number of carbonyl (C=O) groups excluding carboxylic acids is 1. The summed E-state index contributed by atoms with van der Waals surface area (Å²) in [4.78, 5) is 19.1. The molecule has 2 rings (SSSR count). The number of aromatic nitrogens is 2. The lowest BCUT2D eigenvalue weighted by Gasteiger charge is -2.20. The molecule has 2 heterocycles. The second-order valence-corrected chi connectivity index (χ2v) is 5.26. The monoisotopic (exact) mass is 309 g/mol. The number of ether oxygens (including phenoxy) is 2. The molecule has 0 aliphatic carbocycles. The summed E-state index contributed by atoms with van der Waals surface area (Å²) in [5.74, 6) is -0.0609. The van der Waals surface area contributed by atoms with E-state index in [4.69, 9.17) is 9.47 Å². The van der Waals surface area contributed by atoms with E-state index in [9.17, 15) is 4.79 Å². The van der Waals surface area contributed by atoms with Crippen LogP contribution in [0.4, 0.5) is 0 Å². The number of hydrogen-bond donors (Lipinski definition) is 0. The van der Waals surface area contributed by atoms with Crippen LogP contribution in [0.5, 0.6) is 0 Å². The molecule has 21 heavy (non-hydrogen) atoms. The quantitative estimate of drug-likeness (QED) is 0.694. The van der Waals surface area contributed by atoms with Crippen LogP contribution in [0, 0.1) is 0 Å². The smallest absolute Gasteiger partial charge is 0.246 e. The second kappa shape index (κ2) is 7.92. The van der Waals surface area contributed by atoms with Crippen LogP contribution in [0.25, 0.3) is 11.0 Å². The van der Waals surface area contributed by atoms with Crippen LogP contribution < -0.4 is 0 Å². The van der Waals surface area contributed by atoms with Gasteiger partial charge in [-0.1, -0.05) is 0 Å². The van der Waals surface area contributed by atoms with E-state index in [0.717, 1.165) is 10.7 Å². The summed E-state index contributed by atoms with van der Waals surface area (Å²) in [7, 11) is 3.24. The maximum Gasteiger partial charge on any atom is 0.246 e. The molecule has 0 unspecified atom stereocenters. The Morgan fingerprint density at radius 1 is 1.38 bits per heavy atom. The van der Waals surface area contributed by atoms with Crippen LogP contribution in [-0.2, 0) is 14.3 Å². The van der Waals surface area contributed by atoms with Crippen LogP contribution in [-0.4, -0.2) is 60.7 Å². The Morgan fingerprint density at radius 2 is 2.10 bits per heavy atom. The minimum atomic E-state index is -0.0609. The zero-order valence-corrected chi connectivity index (χ0v) is 13.0. The molecule has 1 amide bonds. The molecule has 2 aromatic heterocycles. The first kappa shape index (κ1) is 15.7. The van der Waals surface area contributed by atoms with Crippen molar-refractivity contribution in [3.05, 3.63) is 29.5 Å². The summed E-state index contributed by atoms with van der Waals surface area (Å²) in [6.07, 6.45) is 7.03. The third-order valence-corrected chi connectivity index (χ3v) is 3.78. The standard InChI is InChI=1S/C14H19N3O3S/c1-19-8-5-16(6-9-20-2)13(18)4-3-12-11-15-14-17(12)7-10-21-14/h3-4,7,10-11H,5-6,8-9H2,1-2H3/b4-3+. The Kier molecular flexibility index (Phi) is 5.91. The molecule has 0 bridgehead atoms. The van der Waals surface area contributed by atoms with Crippen molar-refractivity contribution in [2.24, 2.45) is 0 Å². The molecule has 114 valence electrons. The summed E-state index contributed by atoms with van der Waals surface area (Å²) in [6, 6.07) is 0. The van der Waals surface area contributed by atoms with Gasteiger partial charge in [0.25, 0.3) is 0 Å². The highest BCUT2D eigenvalue weighted by Crippen LogP contribution is 2.13. The molecule has 7 heteroatoms. The van der Waals surface area contributed by atoms with E-state index in [1.807, 2.05) is 16.0 Å². The van der Waals surface area contributed by atoms with Gasteiger partial charge in [-0.05, 0) is 6.08 Å². The lowest BCUT2D eigenvalue weighted by Crippen LogP contribution is -2.35. The minimum absolute atomic E-state index is 0.0609. The van der Waals surface area contributed by atoms with Crippen molar-refractivity contribution in [2.75, 3.05) is 40.5 Å². The molecule has 0 aliphatic heterocycles. The second-order valence-electron chi connectivity index (χ2n) is 4.38. The molecule has 0 N–H and O–H groups in total. The number of hydrogen-bond acceptors (Lipinski definition) is 5. The van der Waals surface area contributed by atoms with Gasteiger partial charge in [0.05, 0.1) is 25.1 Å². The van der Waals surface area contributed by atoms with Gasteiger partial charge in [0, 0.05) is 45.0 Å². The number of thiazole rings is 1. The zero-order chi connectivity index (χ0) is 15.1. The van der Waals surface area contributed by atoms with Crippen LogP contribution in [0.2, 0.25) is 0 Å². The molecule has 0 aromatic carbocycles. The highest BCUT2D eigenvalue weighted by atomic mass is 32.1. The molecule has 0 spiro atoms.